The first-order valence-electron chi connectivity index (χ1n) is 6.45. The van der Waals surface area contributed by atoms with Crippen LogP contribution in [0.3, 0.4) is 0 Å². The van der Waals surface area contributed by atoms with E-state index in [2.05, 4.69) is 13.8 Å². The van der Waals surface area contributed by atoms with Crippen molar-refractivity contribution in [1.82, 2.24) is 0 Å². The normalized spacial score (nSPS) is 46.1. The van der Waals surface area contributed by atoms with Gasteiger partial charge >= 0.3 is 0 Å². The predicted octanol–water partition coefficient (Wildman–Crippen LogP) is 1.68. The molecule has 17 heavy (non-hydrogen) atoms. The molecule has 3 nitrogen and oxygen atoms in total. The Kier molecular flexibility index (Phi) is 3.17. The topological polar surface area (TPSA) is 57.5 Å². The van der Waals surface area contributed by atoms with E-state index in [1.54, 1.807) is 6.92 Å². The first-order valence-corrected chi connectivity index (χ1v) is 6.45. The Morgan fingerprint density at radius 1 is 1.47 bits per heavy atom. The number of hydrogen-bond acceptors (Lipinski definition) is 3. The van der Waals surface area contributed by atoms with Crippen LogP contribution in [0.1, 0.15) is 40.0 Å². The van der Waals surface area contributed by atoms with E-state index in [9.17, 15) is 15.0 Å². The Balaban J connectivity index is 2.46. The summed E-state index contributed by atoms with van der Waals surface area (Å²) in [5.41, 5.74) is 0.886. The summed E-state index contributed by atoms with van der Waals surface area (Å²) in [5.74, 6) is -0.0276. The van der Waals surface area contributed by atoms with E-state index in [0.717, 1.165) is 12.0 Å². The van der Waals surface area contributed by atoms with Gasteiger partial charge in [-0.05, 0) is 32.1 Å². The van der Waals surface area contributed by atoms with Gasteiger partial charge in [-0.25, -0.2) is 0 Å². The monoisotopic (exact) mass is 238 g/mol. The molecule has 0 aromatic heterocycles. The molecular weight excluding hydrogens is 216 g/mol. The van der Waals surface area contributed by atoms with Crippen LogP contribution < -0.4 is 0 Å². The molecular formula is C14H22O3. The summed E-state index contributed by atoms with van der Waals surface area (Å²) < 4.78 is 0. The van der Waals surface area contributed by atoms with Gasteiger partial charge in [-0.1, -0.05) is 25.5 Å². The van der Waals surface area contributed by atoms with Gasteiger partial charge < -0.3 is 10.2 Å². The number of aliphatic hydroxyl groups excluding tert-OH is 2. The Bertz CT molecular complexity index is 360. The third-order valence-electron chi connectivity index (χ3n) is 4.88. The maximum Gasteiger partial charge on any atom is 0.136 e. The van der Waals surface area contributed by atoms with Gasteiger partial charge in [-0.3, -0.25) is 4.79 Å². The highest BCUT2D eigenvalue weighted by Crippen LogP contribution is 2.53. The summed E-state index contributed by atoms with van der Waals surface area (Å²) in [5, 5.41) is 19.9. The van der Waals surface area contributed by atoms with E-state index in [1.807, 2.05) is 6.08 Å². The minimum atomic E-state index is -0.535. The number of hydrogen-bond donors (Lipinski definition) is 2. The van der Waals surface area contributed by atoms with Crippen LogP contribution in [0.15, 0.2) is 11.6 Å². The number of fused-ring (bicyclic) bond motifs is 1. The molecule has 96 valence electrons. The van der Waals surface area contributed by atoms with Crippen molar-refractivity contribution >= 4 is 5.78 Å². The molecule has 5 atom stereocenters. The summed E-state index contributed by atoms with van der Waals surface area (Å²) in [6.45, 7) is 5.72. The number of ketones is 1. The fourth-order valence-electron chi connectivity index (χ4n) is 3.83. The fourth-order valence-corrected chi connectivity index (χ4v) is 3.83. The van der Waals surface area contributed by atoms with E-state index in [1.165, 1.54) is 0 Å². The Morgan fingerprint density at radius 3 is 2.71 bits per heavy atom. The van der Waals surface area contributed by atoms with Crippen LogP contribution in [0.4, 0.5) is 0 Å². The molecule has 2 aliphatic rings. The lowest BCUT2D eigenvalue weighted by molar-refractivity contribution is -0.134. The smallest absolute Gasteiger partial charge is 0.136 e. The zero-order chi connectivity index (χ0) is 12.8. The van der Waals surface area contributed by atoms with Crippen LogP contribution in [-0.4, -0.2) is 28.2 Å². The Morgan fingerprint density at radius 2 is 2.12 bits per heavy atom. The first-order chi connectivity index (χ1) is 7.87. The molecule has 0 amide bonds. The zero-order valence-corrected chi connectivity index (χ0v) is 10.8. The number of carbonyl (C=O) groups is 1. The van der Waals surface area contributed by atoms with Crippen molar-refractivity contribution in [2.75, 3.05) is 0 Å². The quantitative estimate of drug-likeness (QED) is 0.683. The third-order valence-corrected chi connectivity index (χ3v) is 4.88. The van der Waals surface area contributed by atoms with Crippen molar-refractivity contribution in [2.45, 2.75) is 52.2 Å². The van der Waals surface area contributed by atoms with Gasteiger partial charge in [-0.2, -0.15) is 0 Å². The van der Waals surface area contributed by atoms with E-state index in [-0.39, 0.29) is 23.0 Å². The van der Waals surface area contributed by atoms with Gasteiger partial charge in [0.15, 0.2) is 0 Å². The number of allylic oxidation sites excluding steroid dienone is 1. The van der Waals surface area contributed by atoms with Crippen molar-refractivity contribution in [1.29, 1.82) is 0 Å². The van der Waals surface area contributed by atoms with Gasteiger partial charge in [0.05, 0.1) is 18.1 Å². The molecule has 1 saturated carbocycles. The van der Waals surface area contributed by atoms with Gasteiger partial charge in [0, 0.05) is 5.41 Å². The summed E-state index contributed by atoms with van der Waals surface area (Å²) in [6, 6.07) is 0. The van der Waals surface area contributed by atoms with Gasteiger partial charge in [0.1, 0.15) is 5.78 Å². The third kappa shape index (κ3) is 1.85. The SMILES string of the molecule is CC(=O)[C@H]1[C@@H](O)CCC2=C[C@@H](O)C[C@H](C)[C@]21C. The van der Waals surface area contributed by atoms with E-state index < -0.39 is 12.2 Å². The van der Waals surface area contributed by atoms with Crippen LogP contribution in [0.5, 0.6) is 0 Å². The summed E-state index contributed by atoms with van der Waals surface area (Å²) in [7, 11) is 0. The second-order valence-corrected chi connectivity index (χ2v) is 5.87. The lowest BCUT2D eigenvalue weighted by Gasteiger charge is -2.51. The molecule has 0 aromatic carbocycles. The van der Waals surface area contributed by atoms with Crippen LogP contribution >= 0.6 is 0 Å². The van der Waals surface area contributed by atoms with Crippen LogP contribution in [-0.2, 0) is 4.79 Å². The lowest BCUT2D eigenvalue weighted by atomic mass is 9.53. The maximum absolute atomic E-state index is 11.8. The molecule has 1 fully saturated rings. The molecule has 0 spiro atoms. The van der Waals surface area contributed by atoms with Crippen molar-refractivity contribution in [3.63, 3.8) is 0 Å². The molecule has 3 heteroatoms. The van der Waals surface area contributed by atoms with Crippen LogP contribution in [0.2, 0.25) is 0 Å². The van der Waals surface area contributed by atoms with Crippen molar-refractivity contribution < 1.29 is 15.0 Å². The molecule has 0 bridgehead atoms. The van der Waals surface area contributed by atoms with Crippen LogP contribution in [0, 0.1) is 17.3 Å². The molecule has 0 saturated heterocycles. The molecule has 2 rings (SSSR count). The second-order valence-electron chi connectivity index (χ2n) is 5.87. The molecule has 0 heterocycles. The predicted molar refractivity (Wildman–Crippen MR) is 65.4 cm³/mol. The first kappa shape index (κ1) is 12.8. The molecule has 2 aliphatic carbocycles. The summed E-state index contributed by atoms with van der Waals surface area (Å²) >= 11 is 0. The Labute approximate surface area is 103 Å². The number of Topliss-reactive ketones (excluding diaryl/α,β-unsaturated/α-hetero) is 1. The average Bonchev–Trinajstić information content (AvgIpc) is 2.20. The standard InChI is InChI=1S/C14H22O3/c1-8-6-11(16)7-10-4-5-12(17)13(9(2)15)14(8,10)3/h7-8,11-13,16-17H,4-6H2,1-3H3/t8-,11-,12-,13-,14+/m0/s1. The molecule has 0 aliphatic heterocycles. The van der Waals surface area contributed by atoms with Gasteiger partial charge in [0.25, 0.3) is 0 Å². The highest BCUT2D eigenvalue weighted by molar-refractivity contribution is 5.80. The van der Waals surface area contributed by atoms with Crippen molar-refractivity contribution in [2.24, 2.45) is 17.3 Å². The van der Waals surface area contributed by atoms with Crippen molar-refractivity contribution in [3.05, 3.63) is 11.6 Å². The van der Waals surface area contributed by atoms with Gasteiger partial charge in [0.2, 0.25) is 0 Å². The van der Waals surface area contributed by atoms with Crippen molar-refractivity contribution in [3.8, 4) is 0 Å². The molecule has 0 unspecified atom stereocenters. The summed E-state index contributed by atoms with van der Waals surface area (Å²) in [6.07, 6.45) is 3.08. The second kappa shape index (κ2) is 4.21. The molecule has 2 N–H and O–H groups in total. The number of aliphatic hydroxyl groups is 2. The van der Waals surface area contributed by atoms with E-state index in [4.69, 9.17) is 0 Å². The number of carbonyl (C=O) groups excluding carboxylic acids is 1. The number of rotatable bonds is 1. The fraction of sp³-hybridized carbons (Fsp3) is 0.786. The minimum absolute atomic E-state index is 0.0637. The molecule has 0 aromatic rings. The van der Waals surface area contributed by atoms with E-state index in [0.29, 0.717) is 12.8 Å². The highest BCUT2D eigenvalue weighted by Gasteiger charge is 2.51. The average molecular weight is 238 g/mol. The minimum Gasteiger partial charge on any atom is -0.392 e. The summed E-state index contributed by atoms with van der Waals surface area (Å²) in [4.78, 5) is 11.8. The largest absolute Gasteiger partial charge is 0.392 e. The van der Waals surface area contributed by atoms with Crippen LogP contribution in [0.25, 0.3) is 0 Å². The lowest BCUT2D eigenvalue weighted by Crippen LogP contribution is -2.51. The zero-order valence-electron chi connectivity index (χ0n) is 10.8. The maximum atomic E-state index is 11.8. The highest BCUT2D eigenvalue weighted by atomic mass is 16.3. The van der Waals surface area contributed by atoms with E-state index >= 15 is 0 Å². The Hall–Kier alpha value is -0.670. The van der Waals surface area contributed by atoms with Gasteiger partial charge in [-0.15, -0.1) is 0 Å². The molecule has 0 radical (unpaired) electrons.